The van der Waals surface area contributed by atoms with Crippen LogP contribution in [-0.2, 0) is 4.79 Å². The van der Waals surface area contributed by atoms with Gasteiger partial charge < -0.3 is 10.6 Å². The van der Waals surface area contributed by atoms with Crippen LogP contribution in [0.3, 0.4) is 0 Å². The van der Waals surface area contributed by atoms with E-state index in [-0.39, 0.29) is 5.91 Å². The number of aromatic nitrogens is 4. The van der Waals surface area contributed by atoms with Crippen LogP contribution in [0.25, 0.3) is 16.4 Å². The van der Waals surface area contributed by atoms with Gasteiger partial charge >= 0.3 is 0 Å². The molecule has 2 aromatic heterocycles. The van der Waals surface area contributed by atoms with Crippen LogP contribution in [0.2, 0.25) is 0 Å². The first-order valence-corrected chi connectivity index (χ1v) is 7.84. The Morgan fingerprint density at radius 2 is 2.17 bits per heavy atom. The Morgan fingerprint density at radius 3 is 3.00 bits per heavy atom. The highest BCUT2D eigenvalue weighted by Crippen LogP contribution is 2.20. The molecule has 0 unspecified atom stereocenters. The highest BCUT2D eigenvalue weighted by atomic mass is 16.2. The number of fused-ring (bicyclic) bond motifs is 3. The van der Waals surface area contributed by atoms with Crippen molar-refractivity contribution >= 4 is 28.3 Å². The van der Waals surface area contributed by atoms with Gasteiger partial charge in [0.25, 0.3) is 0 Å². The van der Waals surface area contributed by atoms with Gasteiger partial charge in [-0.25, -0.2) is 4.98 Å². The van der Waals surface area contributed by atoms with Crippen LogP contribution >= 0.6 is 0 Å². The summed E-state index contributed by atoms with van der Waals surface area (Å²) < 4.78 is 1.62. The summed E-state index contributed by atoms with van der Waals surface area (Å²) in [5.41, 5.74) is 1.69. The van der Waals surface area contributed by atoms with Crippen molar-refractivity contribution in [2.45, 2.75) is 32.7 Å². The van der Waals surface area contributed by atoms with Crippen molar-refractivity contribution in [2.24, 2.45) is 0 Å². The molecule has 1 aromatic carbocycles. The fraction of sp³-hybridized carbons (Fsp3) is 0.375. The standard InChI is InChI=1S/C16H20N6O/c1-3-4-9-17-15(23)11(2)19-16-20-13-8-6-5-7-12(13)14-10-18-21-22(14)16/h5-8,10-11H,3-4,9H2,1-2H3,(H,17,23)(H,19,20)/t11-/m1/s1. The molecule has 2 heterocycles. The van der Waals surface area contributed by atoms with E-state index in [1.54, 1.807) is 17.6 Å². The highest BCUT2D eigenvalue weighted by Gasteiger charge is 2.16. The SMILES string of the molecule is CCCCNC(=O)[C@@H](C)Nc1nc2ccccc2c2cnnn12. The topological polar surface area (TPSA) is 84.2 Å². The molecule has 7 heteroatoms. The van der Waals surface area contributed by atoms with E-state index in [1.165, 1.54) is 0 Å². The van der Waals surface area contributed by atoms with Gasteiger partial charge in [-0.05, 0) is 19.4 Å². The number of hydrogen-bond donors (Lipinski definition) is 2. The predicted molar refractivity (Wildman–Crippen MR) is 89.3 cm³/mol. The number of unbranched alkanes of at least 4 members (excludes halogenated alkanes) is 1. The lowest BCUT2D eigenvalue weighted by atomic mass is 10.2. The zero-order valence-corrected chi connectivity index (χ0v) is 13.3. The Bertz CT molecular complexity index is 828. The molecule has 0 saturated carbocycles. The van der Waals surface area contributed by atoms with Gasteiger partial charge in [0.05, 0.1) is 17.2 Å². The van der Waals surface area contributed by atoms with E-state index < -0.39 is 6.04 Å². The molecule has 1 atom stereocenters. The molecular weight excluding hydrogens is 292 g/mol. The first-order valence-electron chi connectivity index (χ1n) is 7.84. The predicted octanol–water partition coefficient (Wildman–Crippen LogP) is 1.99. The third-order valence-electron chi connectivity index (χ3n) is 3.72. The second kappa shape index (κ2) is 6.60. The lowest BCUT2D eigenvalue weighted by Gasteiger charge is -2.15. The Labute approximate surface area is 134 Å². The summed E-state index contributed by atoms with van der Waals surface area (Å²) in [5.74, 6) is 0.455. The number of nitrogens with zero attached hydrogens (tertiary/aromatic N) is 4. The highest BCUT2D eigenvalue weighted by molar-refractivity contribution is 5.94. The van der Waals surface area contributed by atoms with Gasteiger partial charge in [0, 0.05) is 11.9 Å². The Morgan fingerprint density at radius 1 is 1.35 bits per heavy atom. The smallest absolute Gasteiger partial charge is 0.242 e. The van der Waals surface area contributed by atoms with Crippen LogP contribution in [0, 0.1) is 0 Å². The molecular formula is C16H20N6O. The Kier molecular flexibility index (Phi) is 4.36. The molecule has 3 rings (SSSR count). The van der Waals surface area contributed by atoms with Crippen molar-refractivity contribution < 1.29 is 4.79 Å². The average Bonchev–Trinajstić information content (AvgIpc) is 3.05. The fourth-order valence-corrected chi connectivity index (χ4v) is 2.42. The Hall–Kier alpha value is -2.70. The molecule has 120 valence electrons. The van der Waals surface area contributed by atoms with Gasteiger partial charge in [-0.15, -0.1) is 5.10 Å². The second-order valence-electron chi connectivity index (χ2n) is 5.49. The number of amides is 1. The number of carbonyl (C=O) groups is 1. The lowest BCUT2D eigenvalue weighted by Crippen LogP contribution is -2.38. The molecule has 0 bridgehead atoms. The number of hydrogen-bond acceptors (Lipinski definition) is 5. The van der Waals surface area contributed by atoms with Gasteiger partial charge in [0.1, 0.15) is 6.04 Å². The van der Waals surface area contributed by atoms with E-state index in [1.807, 2.05) is 24.3 Å². The molecule has 0 saturated heterocycles. The van der Waals surface area contributed by atoms with Crippen molar-refractivity contribution in [3.05, 3.63) is 30.5 Å². The number of para-hydroxylation sites is 1. The largest absolute Gasteiger partial charge is 0.354 e. The summed E-state index contributed by atoms with van der Waals surface area (Å²) in [7, 11) is 0. The van der Waals surface area contributed by atoms with Crippen molar-refractivity contribution in [2.75, 3.05) is 11.9 Å². The molecule has 0 spiro atoms. The maximum atomic E-state index is 12.1. The van der Waals surface area contributed by atoms with E-state index in [4.69, 9.17) is 0 Å². The summed E-state index contributed by atoms with van der Waals surface area (Å²) in [6.45, 7) is 4.58. The third-order valence-corrected chi connectivity index (χ3v) is 3.72. The summed E-state index contributed by atoms with van der Waals surface area (Å²) in [4.78, 5) is 16.7. The molecule has 2 N–H and O–H groups in total. The van der Waals surface area contributed by atoms with E-state index in [0.717, 1.165) is 29.3 Å². The molecule has 0 aliphatic rings. The number of rotatable bonds is 6. The minimum absolute atomic E-state index is 0.0540. The van der Waals surface area contributed by atoms with E-state index in [9.17, 15) is 4.79 Å². The molecule has 0 fully saturated rings. The number of carbonyl (C=O) groups excluding carboxylic acids is 1. The first-order chi connectivity index (χ1) is 11.2. The molecule has 0 aliphatic heterocycles. The van der Waals surface area contributed by atoms with Crippen molar-refractivity contribution in [1.29, 1.82) is 0 Å². The molecule has 3 aromatic rings. The maximum Gasteiger partial charge on any atom is 0.242 e. The molecule has 7 nitrogen and oxygen atoms in total. The van der Waals surface area contributed by atoms with E-state index in [2.05, 4.69) is 32.9 Å². The van der Waals surface area contributed by atoms with Crippen LogP contribution in [0.15, 0.2) is 30.5 Å². The van der Waals surface area contributed by atoms with Crippen LogP contribution in [0.4, 0.5) is 5.95 Å². The fourth-order valence-electron chi connectivity index (χ4n) is 2.42. The van der Waals surface area contributed by atoms with Crippen LogP contribution in [0.5, 0.6) is 0 Å². The summed E-state index contributed by atoms with van der Waals surface area (Å²) in [6, 6.07) is 7.38. The number of benzene rings is 1. The lowest BCUT2D eigenvalue weighted by molar-refractivity contribution is -0.121. The molecule has 0 aliphatic carbocycles. The van der Waals surface area contributed by atoms with Gasteiger partial charge in [0.2, 0.25) is 11.9 Å². The first kappa shape index (κ1) is 15.2. The van der Waals surface area contributed by atoms with Gasteiger partial charge in [-0.2, -0.15) is 4.52 Å². The average molecular weight is 312 g/mol. The van der Waals surface area contributed by atoms with Crippen molar-refractivity contribution in [1.82, 2.24) is 25.1 Å². The van der Waals surface area contributed by atoms with Gasteiger partial charge in [0.15, 0.2) is 0 Å². The summed E-state index contributed by atoms with van der Waals surface area (Å²) in [5, 5.41) is 15.0. The van der Waals surface area contributed by atoms with Crippen LogP contribution in [0.1, 0.15) is 26.7 Å². The zero-order chi connectivity index (χ0) is 16.2. The van der Waals surface area contributed by atoms with E-state index in [0.29, 0.717) is 12.5 Å². The minimum Gasteiger partial charge on any atom is -0.354 e. The Balaban J connectivity index is 1.87. The minimum atomic E-state index is -0.409. The quantitative estimate of drug-likeness (QED) is 0.680. The van der Waals surface area contributed by atoms with Gasteiger partial charge in [-0.1, -0.05) is 36.8 Å². The normalized spacial score (nSPS) is 12.4. The second-order valence-corrected chi connectivity index (χ2v) is 5.49. The summed E-state index contributed by atoms with van der Waals surface area (Å²) >= 11 is 0. The van der Waals surface area contributed by atoms with Crippen molar-refractivity contribution in [3.8, 4) is 0 Å². The molecule has 1 amide bonds. The molecule has 23 heavy (non-hydrogen) atoms. The monoisotopic (exact) mass is 312 g/mol. The van der Waals surface area contributed by atoms with Gasteiger partial charge in [-0.3, -0.25) is 4.79 Å². The van der Waals surface area contributed by atoms with Crippen LogP contribution in [-0.4, -0.2) is 38.3 Å². The van der Waals surface area contributed by atoms with E-state index >= 15 is 0 Å². The van der Waals surface area contributed by atoms with Crippen molar-refractivity contribution in [3.63, 3.8) is 0 Å². The maximum absolute atomic E-state index is 12.1. The zero-order valence-electron chi connectivity index (χ0n) is 13.3. The molecule has 0 radical (unpaired) electrons. The number of anilines is 1. The summed E-state index contributed by atoms with van der Waals surface area (Å²) in [6.07, 6.45) is 3.72. The van der Waals surface area contributed by atoms with Crippen LogP contribution < -0.4 is 10.6 Å². The number of nitrogens with one attached hydrogen (secondary N) is 2. The third kappa shape index (κ3) is 3.08.